The Morgan fingerprint density at radius 2 is 2.44 bits per heavy atom. The summed E-state index contributed by atoms with van der Waals surface area (Å²) >= 11 is 0. The SMILES string of the molecule is CCC1CNC(CO)C1. The lowest BCUT2D eigenvalue weighted by Crippen LogP contribution is -2.24. The molecule has 0 saturated carbocycles. The van der Waals surface area contributed by atoms with Crippen LogP contribution in [0.25, 0.3) is 0 Å². The zero-order valence-corrected chi connectivity index (χ0v) is 5.93. The van der Waals surface area contributed by atoms with E-state index in [9.17, 15) is 0 Å². The van der Waals surface area contributed by atoms with Crippen LogP contribution in [0.1, 0.15) is 19.8 Å². The maximum Gasteiger partial charge on any atom is 0.0584 e. The summed E-state index contributed by atoms with van der Waals surface area (Å²) in [6, 6.07) is 0.384. The monoisotopic (exact) mass is 129 g/mol. The highest BCUT2D eigenvalue weighted by Gasteiger charge is 2.20. The van der Waals surface area contributed by atoms with Gasteiger partial charge < -0.3 is 10.4 Å². The molecule has 2 unspecified atom stereocenters. The van der Waals surface area contributed by atoms with Crippen molar-refractivity contribution >= 4 is 0 Å². The van der Waals surface area contributed by atoms with Crippen molar-refractivity contribution in [1.29, 1.82) is 0 Å². The van der Waals surface area contributed by atoms with Crippen molar-refractivity contribution in [2.45, 2.75) is 25.8 Å². The van der Waals surface area contributed by atoms with Crippen LogP contribution in [-0.2, 0) is 0 Å². The van der Waals surface area contributed by atoms with Gasteiger partial charge >= 0.3 is 0 Å². The van der Waals surface area contributed by atoms with E-state index in [1.165, 1.54) is 6.42 Å². The minimum Gasteiger partial charge on any atom is -0.395 e. The second kappa shape index (κ2) is 3.18. The Hall–Kier alpha value is -0.0800. The van der Waals surface area contributed by atoms with E-state index in [-0.39, 0.29) is 0 Å². The van der Waals surface area contributed by atoms with E-state index < -0.39 is 0 Å². The Morgan fingerprint density at radius 1 is 1.67 bits per heavy atom. The molecule has 0 aromatic heterocycles. The Bertz CT molecular complexity index is 75.0. The minimum absolute atomic E-state index is 0.302. The van der Waals surface area contributed by atoms with E-state index in [4.69, 9.17) is 5.11 Å². The highest BCUT2D eigenvalue weighted by Crippen LogP contribution is 2.15. The first-order valence-corrected chi connectivity index (χ1v) is 3.71. The van der Waals surface area contributed by atoms with Crippen LogP contribution < -0.4 is 5.32 Å². The van der Waals surface area contributed by atoms with Gasteiger partial charge in [-0.1, -0.05) is 13.3 Å². The van der Waals surface area contributed by atoms with Gasteiger partial charge in [-0.15, -0.1) is 0 Å². The predicted octanol–water partition coefficient (Wildman–Crippen LogP) is 0.367. The zero-order chi connectivity index (χ0) is 6.69. The van der Waals surface area contributed by atoms with Crippen molar-refractivity contribution in [1.82, 2.24) is 5.32 Å². The third-order valence-corrected chi connectivity index (χ3v) is 2.11. The topological polar surface area (TPSA) is 32.3 Å². The summed E-state index contributed by atoms with van der Waals surface area (Å²) in [5, 5.41) is 12.0. The van der Waals surface area contributed by atoms with Crippen molar-refractivity contribution in [2.75, 3.05) is 13.2 Å². The summed E-state index contributed by atoms with van der Waals surface area (Å²) in [4.78, 5) is 0. The molecule has 0 amide bonds. The van der Waals surface area contributed by atoms with Crippen molar-refractivity contribution < 1.29 is 5.11 Å². The fourth-order valence-electron chi connectivity index (χ4n) is 1.35. The van der Waals surface area contributed by atoms with Crippen LogP contribution in [0.5, 0.6) is 0 Å². The third-order valence-electron chi connectivity index (χ3n) is 2.11. The molecule has 0 radical (unpaired) electrons. The molecule has 0 aliphatic carbocycles. The van der Waals surface area contributed by atoms with Gasteiger partial charge in [0, 0.05) is 6.04 Å². The summed E-state index contributed by atoms with van der Waals surface area (Å²) in [5.41, 5.74) is 0. The lowest BCUT2D eigenvalue weighted by molar-refractivity contribution is 0.252. The smallest absolute Gasteiger partial charge is 0.0584 e. The summed E-state index contributed by atoms with van der Waals surface area (Å²) in [6.45, 7) is 3.60. The average Bonchev–Trinajstić information content (AvgIpc) is 2.34. The van der Waals surface area contributed by atoms with E-state index >= 15 is 0 Å². The van der Waals surface area contributed by atoms with E-state index in [2.05, 4.69) is 12.2 Å². The molecule has 2 nitrogen and oxygen atoms in total. The van der Waals surface area contributed by atoms with Gasteiger partial charge in [-0.25, -0.2) is 0 Å². The van der Waals surface area contributed by atoms with Crippen LogP contribution in [0.3, 0.4) is 0 Å². The second-order valence-electron chi connectivity index (χ2n) is 2.80. The standard InChI is InChI=1S/C7H15NO/c1-2-6-3-7(5-9)8-4-6/h6-9H,2-5H2,1H3. The molecule has 0 bridgehead atoms. The van der Waals surface area contributed by atoms with Gasteiger partial charge in [0.1, 0.15) is 0 Å². The van der Waals surface area contributed by atoms with Gasteiger partial charge in [0.05, 0.1) is 6.61 Å². The summed E-state index contributed by atoms with van der Waals surface area (Å²) in [5.74, 6) is 0.808. The molecule has 9 heavy (non-hydrogen) atoms. The molecule has 2 atom stereocenters. The lowest BCUT2D eigenvalue weighted by Gasteiger charge is -2.03. The molecule has 2 N–H and O–H groups in total. The van der Waals surface area contributed by atoms with Crippen LogP contribution in [0.2, 0.25) is 0 Å². The molecule has 1 aliphatic rings. The van der Waals surface area contributed by atoms with Gasteiger partial charge in [0.2, 0.25) is 0 Å². The van der Waals surface area contributed by atoms with Gasteiger partial charge in [-0.05, 0) is 18.9 Å². The first kappa shape index (κ1) is 7.03. The predicted molar refractivity (Wildman–Crippen MR) is 37.3 cm³/mol. The van der Waals surface area contributed by atoms with Gasteiger partial charge in [-0.2, -0.15) is 0 Å². The zero-order valence-electron chi connectivity index (χ0n) is 5.93. The highest BCUT2D eigenvalue weighted by atomic mass is 16.3. The second-order valence-corrected chi connectivity index (χ2v) is 2.80. The summed E-state index contributed by atoms with van der Waals surface area (Å²) < 4.78 is 0. The molecule has 2 heteroatoms. The highest BCUT2D eigenvalue weighted by molar-refractivity contribution is 4.79. The third kappa shape index (κ3) is 1.66. The van der Waals surface area contributed by atoms with Crippen LogP contribution in [0.4, 0.5) is 0 Å². The van der Waals surface area contributed by atoms with Crippen molar-refractivity contribution in [3.8, 4) is 0 Å². The van der Waals surface area contributed by atoms with Crippen molar-refractivity contribution in [3.63, 3.8) is 0 Å². The largest absolute Gasteiger partial charge is 0.395 e. The van der Waals surface area contributed by atoms with Crippen LogP contribution in [0.15, 0.2) is 0 Å². The fourth-order valence-corrected chi connectivity index (χ4v) is 1.35. The number of nitrogens with one attached hydrogen (secondary N) is 1. The molecular weight excluding hydrogens is 114 g/mol. The number of aliphatic hydroxyl groups excluding tert-OH is 1. The lowest BCUT2D eigenvalue weighted by atomic mass is 10.0. The first-order valence-electron chi connectivity index (χ1n) is 3.71. The molecule has 0 aromatic rings. The molecule has 0 spiro atoms. The number of rotatable bonds is 2. The molecule has 0 aromatic carbocycles. The summed E-state index contributed by atoms with van der Waals surface area (Å²) in [7, 11) is 0. The van der Waals surface area contributed by atoms with E-state index in [0.717, 1.165) is 18.9 Å². The minimum atomic E-state index is 0.302. The first-order chi connectivity index (χ1) is 4.36. The van der Waals surface area contributed by atoms with Gasteiger partial charge in [0.15, 0.2) is 0 Å². The molecule has 1 heterocycles. The van der Waals surface area contributed by atoms with Crippen LogP contribution >= 0.6 is 0 Å². The average molecular weight is 129 g/mol. The molecule has 54 valence electrons. The molecule has 1 fully saturated rings. The Morgan fingerprint density at radius 3 is 2.78 bits per heavy atom. The molecular formula is C7H15NO. The Balaban J connectivity index is 2.20. The van der Waals surface area contributed by atoms with E-state index in [0.29, 0.717) is 12.6 Å². The quantitative estimate of drug-likeness (QED) is 0.564. The van der Waals surface area contributed by atoms with Crippen molar-refractivity contribution in [2.24, 2.45) is 5.92 Å². The fraction of sp³-hybridized carbons (Fsp3) is 1.00. The van der Waals surface area contributed by atoms with Gasteiger partial charge in [0.25, 0.3) is 0 Å². The Labute approximate surface area is 56.3 Å². The number of hydrogen-bond donors (Lipinski definition) is 2. The molecule has 1 aliphatic heterocycles. The number of hydrogen-bond acceptors (Lipinski definition) is 2. The molecule has 1 saturated heterocycles. The van der Waals surface area contributed by atoms with Gasteiger partial charge in [-0.3, -0.25) is 0 Å². The number of aliphatic hydroxyl groups is 1. The van der Waals surface area contributed by atoms with E-state index in [1.807, 2.05) is 0 Å². The van der Waals surface area contributed by atoms with Crippen LogP contribution in [0, 0.1) is 5.92 Å². The maximum absolute atomic E-state index is 8.72. The normalized spacial score (nSPS) is 35.3. The Kier molecular flexibility index (Phi) is 2.49. The van der Waals surface area contributed by atoms with Crippen molar-refractivity contribution in [3.05, 3.63) is 0 Å². The van der Waals surface area contributed by atoms with E-state index in [1.54, 1.807) is 0 Å². The maximum atomic E-state index is 8.72. The van der Waals surface area contributed by atoms with Crippen LogP contribution in [-0.4, -0.2) is 24.3 Å². The molecule has 1 rings (SSSR count). The summed E-state index contributed by atoms with van der Waals surface area (Å²) in [6.07, 6.45) is 2.40.